The summed E-state index contributed by atoms with van der Waals surface area (Å²) in [6.45, 7) is 6.16. The van der Waals surface area contributed by atoms with E-state index in [1.54, 1.807) is 10.9 Å². The van der Waals surface area contributed by atoms with E-state index in [4.69, 9.17) is 0 Å². The molecule has 4 rings (SSSR count). The minimum absolute atomic E-state index is 0.0383. The molecule has 1 amide bonds. The Morgan fingerprint density at radius 2 is 1.93 bits per heavy atom. The molecule has 3 aromatic rings. The van der Waals surface area contributed by atoms with Gasteiger partial charge in [-0.15, -0.1) is 11.3 Å². The third-order valence-corrected chi connectivity index (χ3v) is 6.57. The van der Waals surface area contributed by atoms with Gasteiger partial charge in [-0.2, -0.15) is 0 Å². The number of fused-ring (bicyclic) bond motifs is 1. The van der Waals surface area contributed by atoms with E-state index >= 15 is 0 Å². The summed E-state index contributed by atoms with van der Waals surface area (Å²) in [4.78, 5) is 33.7. The SMILES string of the molecule is Cc1c(C(=O)N2CCC(C)CC2)sc2ncn(Cc3ccccc3)c(=O)c12. The van der Waals surface area contributed by atoms with Crippen LogP contribution in [0.1, 0.15) is 40.6 Å². The molecule has 0 N–H and O–H groups in total. The maximum absolute atomic E-state index is 13.0. The lowest BCUT2D eigenvalue weighted by Crippen LogP contribution is -2.37. The van der Waals surface area contributed by atoms with Crippen molar-refractivity contribution in [2.75, 3.05) is 13.1 Å². The zero-order valence-electron chi connectivity index (χ0n) is 15.6. The molecule has 2 aromatic heterocycles. The van der Waals surface area contributed by atoms with E-state index in [0.29, 0.717) is 27.6 Å². The van der Waals surface area contributed by atoms with Crippen molar-refractivity contribution in [2.24, 2.45) is 5.92 Å². The van der Waals surface area contributed by atoms with Crippen LogP contribution in [0, 0.1) is 12.8 Å². The molecule has 5 nitrogen and oxygen atoms in total. The van der Waals surface area contributed by atoms with Crippen molar-refractivity contribution in [3.63, 3.8) is 0 Å². The third kappa shape index (κ3) is 3.41. The molecule has 1 saturated heterocycles. The molecule has 0 aliphatic carbocycles. The summed E-state index contributed by atoms with van der Waals surface area (Å²) < 4.78 is 1.62. The fourth-order valence-corrected chi connectivity index (χ4v) is 4.72. The van der Waals surface area contributed by atoms with Crippen LogP contribution in [0.3, 0.4) is 0 Å². The minimum Gasteiger partial charge on any atom is -0.338 e. The third-order valence-electron chi connectivity index (χ3n) is 5.38. The molecule has 0 saturated carbocycles. The van der Waals surface area contributed by atoms with Gasteiger partial charge in [0.1, 0.15) is 4.83 Å². The van der Waals surface area contributed by atoms with Gasteiger partial charge < -0.3 is 4.90 Å². The van der Waals surface area contributed by atoms with Crippen molar-refractivity contribution in [3.05, 3.63) is 63.0 Å². The van der Waals surface area contributed by atoms with Crippen LogP contribution in [0.4, 0.5) is 0 Å². The smallest absolute Gasteiger partial charge is 0.264 e. The van der Waals surface area contributed by atoms with Crippen LogP contribution in [0.15, 0.2) is 41.5 Å². The zero-order valence-corrected chi connectivity index (χ0v) is 16.5. The number of nitrogens with zero attached hydrogens (tertiary/aromatic N) is 3. The standard InChI is InChI=1S/C21H23N3O2S/c1-14-8-10-23(11-9-14)21(26)18-15(2)17-19(27-18)22-13-24(20(17)25)12-16-6-4-3-5-7-16/h3-7,13-14H,8-12H2,1-2H3. The molecule has 0 radical (unpaired) electrons. The van der Waals surface area contributed by atoms with Gasteiger partial charge in [0.2, 0.25) is 0 Å². The molecule has 0 unspecified atom stereocenters. The summed E-state index contributed by atoms with van der Waals surface area (Å²) >= 11 is 1.34. The molecule has 0 spiro atoms. The van der Waals surface area contributed by atoms with E-state index in [2.05, 4.69) is 11.9 Å². The fourth-order valence-electron chi connectivity index (χ4n) is 3.61. The van der Waals surface area contributed by atoms with Crippen molar-refractivity contribution in [2.45, 2.75) is 33.2 Å². The Hall–Kier alpha value is -2.47. The molecule has 0 bridgehead atoms. The highest BCUT2D eigenvalue weighted by molar-refractivity contribution is 7.20. The largest absolute Gasteiger partial charge is 0.338 e. The Morgan fingerprint density at radius 1 is 1.22 bits per heavy atom. The topological polar surface area (TPSA) is 55.2 Å². The number of piperidine rings is 1. The zero-order chi connectivity index (χ0) is 19.0. The summed E-state index contributed by atoms with van der Waals surface area (Å²) in [5.41, 5.74) is 1.73. The fraction of sp³-hybridized carbons (Fsp3) is 0.381. The predicted molar refractivity (Wildman–Crippen MR) is 108 cm³/mol. The molecular weight excluding hydrogens is 358 g/mol. The lowest BCUT2D eigenvalue weighted by atomic mass is 9.99. The monoisotopic (exact) mass is 381 g/mol. The summed E-state index contributed by atoms with van der Waals surface area (Å²) in [5, 5.41) is 0.576. The highest BCUT2D eigenvalue weighted by atomic mass is 32.1. The Labute approximate surface area is 162 Å². The Kier molecular flexibility index (Phi) is 4.83. The first kappa shape index (κ1) is 17.9. The number of likely N-dealkylation sites (tertiary alicyclic amines) is 1. The lowest BCUT2D eigenvalue weighted by Gasteiger charge is -2.30. The quantitative estimate of drug-likeness (QED) is 0.695. The van der Waals surface area contributed by atoms with Crippen LogP contribution < -0.4 is 5.56 Å². The van der Waals surface area contributed by atoms with Crippen LogP contribution in [-0.2, 0) is 6.54 Å². The van der Waals surface area contributed by atoms with Crippen LogP contribution in [0.25, 0.3) is 10.2 Å². The van der Waals surface area contributed by atoms with Crippen molar-refractivity contribution in [1.29, 1.82) is 0 Å². The number of hydrogen-bond donors (Lipinski definition) is 0. The molecule has 1 fully saturated rings. The van der Waals surface area contributed by atoms with E-state index in [9.17, 15) is 9.59 Å². The molecule has 3 heterocycles. The summed E-state index contributed by atoms with van der Waals surface area (Å²) in [5.74, 6) is 0.709. The number of thiophene rings is 1. The normalized spacial score (nSPS) is 15.4. The Morgan fingerprint density at radius 3 is 2.63 bits per heavy atom. The molecule has 1 aliphatic rings. The van der Waals surface area contributed by atoms with Crippen molar-refractivity contribution in [3.8, 4) is 0 Å². The van der Waals surface area contributed by atoms with E-state index in [0.717, 1.165) is 37.1 Å². The second kappa shape index (κ2) is 7.27. The van der Waals surface area contributed by atoms with Crippen LogP contribution in [0.5, 0.6) is 0 Å². The number of aryl methyl sites for hydroxylation is 1. The molecule has 1 aliphatic heterocycles. The number of benzene rings is 1. The average Bonchev–Trinajstić information content (AvgIpc) is 3.02. The number of carbonyl (C=O) groups is 1. The number of hydrogen-bond acceptors (Lipinski definition) is 4. The van der Waals surface area contributed by atoms with Crippen LogP contribution in [-0.4, -0.2) is 33.4 Å². The van der Waals surface area contributed by atoms with E-state index < -0.39 is 0 Å². The second-order valence-electron chi connectivity index (χ2n) is 7.37. The summed E-state index contributed by atoms with van der Waals surface area (Å²) in [6.07, 6.45) is 3.67. The first-order chi connectivity index (χ1) is 13.0. The summed E-state index contributed by atoms with van der Waals surface area (Å²) in [7, 11) is 0. The molecular formula is C21H23N3O2S. The van der Waals surface area contributed by atoms with Crippen molar-refractivity contribution >= 4 is 27.5 Å². The van der Waals surface area contributed by atoms with E-state index in [-0.39, 0.29) is 11.5 Å². The first-order valence-electron chi connectivity index (χ1n) is 9.36. The maximum atomic E-state index is 13.0. The molecule has 6 heteroatoms. The molecule has 140 valence electrons. The van der Waals surface area contributed by atoms with Gasteiger partial charge in [0.05, 0.1) is 23.1 Å². The maximum Gasteiger partial charge on any atom is 0.264 e. The number of amides is 1. The molecule has 1 aromatic carbocycles. The van der Waals surface area contributed by atoms with Gasteiger partial charge in [0.15, 0.2) is 0 Å². The van der Waals surface area contributed by atoms with Gasteiger partial charge in [-0.05, 0) is 36.8 Å². The van der Waals surface area contributed by atoms with Gasteiger partial charge in [-0.25, -0.2) is 4.98 Å². The van der Waals surface area contributed by atoms with Crippen molar-refractivity contribution in [1.82, 2.24) is 14.5 Å². The van der Waals surface area contributed by atoms with Crippen molar-refractivity contribution < 1.29 is 4.79 Å². The summed E-state index contributed by atoms with van der Waals surface area (Å²) in [6, 6.07) is 9.85. The predicted octanol–water partition coefficient (Wildman–Crippen LogP) is 3.69. The van der Waals surface area contributed by atoms with Gasteiger partial charge in [-0.3, -0.25) is 14.2 Å². The first-order valence-corrected chi connectivity index (χ1v) is 10.2. The minimum atomic E-state index is -0.0797. The second-order valence-corrected chi connectivity index (χ2v) is 8.37. The van der Waals surface area contributed by atoms with Gasteiger partial charge >= 0.3 is 0 Å². The molecule has 27 heavy (non-hydrogen) atoms. The van der Waals surface area contributed by atoms with Gasteiger partial charge in [0, 0.05) is 13.1 Å². The van der Waals surface area contributed by atoms with E-state index in [1.807, 2.05) is 42.2 Å². The Bertz CT molecular complexity index is 1030. The average molecular weight is 382 g/mol. The number of carbonyl (C=O) groups excluding carboxylic acids is 1. The van der Waals surface area contributed by atoms with E-state index in [1.165, 1.54) is 11.3 Å². The van der Waals surface area contributed by atoms with Crippen LogP contribution >= 0.6 is 11.3 Å². The highest BCUT2D eigenvalue weighted by Gasteiger charge is 2.26. The number of aromatic nitrogens is 2. The number of rotatable bonds is 3. The Balaban J connectivity index is 1.68. The van der Waals surface area contributed by atoms with Gasteiger partial charge in [-0.1, -0.05) is 37.3 Å². The highest BCUT2D eigenvalue weighted by Crippen LogP contribution is 2.29. The van der Waals surface area contributed by atoms with Crippen LogP contribution in [0.2, 0.25) is 0 Å². The molecule has 0 atom stereocenters. The van der Waals surface area contributed by atoms with Gasteiger partial charge in [0.25, 0.3) is 11.5 Å². The lowest BCUT2D eigenvalue weighted by molar-refractivity contribution is 0.0701.